The molecule has 0 spiro atoms. The number of aromatic amines is 1. The summed E-state index contributed by atoms with van der Waals surface area (Å²) in [6, 6.07) is 7.12. The minimum Gasteiger partial charge on any atom is -0.356 e. The van der Waals surface area contributed by atoms with Crippen LogP contribution in [0.5, 0.6) is 0 Å². The molecule has 1 N–H and O–H groups in total. The third-order valence-electron chi connectivity index (χ3n) is 4.09. The molecule has 0 aliphatic carbocycles. The summed E-state index contributed by atoms with van der Waals surface area (Å²) in [6.07, 6.45) is 3.18. The highest BCUT2D eigenvalue weighted by molar-refractivity contribution is 5.99. The van der Waals surface area contributed by atoms with Gasteiger partial charge in [0.1, 0.15) is 11.5 Å². The summed E-state index contributed by atoms with van der Waals surface area (Å²) in [5, 5.41) is 8.97. The highest BCUT2D eigenvalue weighted by atomic mass is 16.2. The molecule has 3 rings (SSSR count). The molecule has 0 bridgehead atoms. The Morgan fingerprint density at radius 3 is 2.62 bits per heavy atom. The standard InChI is InChI=1S/C17H17N5O2/c1-12(23)14-9-15(20-11-14)17(24)22-6-4-21(5-7-22)16-8-13(10-18)2-3-19-16/h2-3,8-9,11,20H,4-7H2,1H3. The molecule has 122 valence electrons. The predicted molar refractivity (Wildman–Crippen MR) is 87.9 cm³/mol. The fourth-order valence-corrected chi connectivity index (χ4v) is 2.69. The van der Waals surface area contributed by atoms with Crippen molar-refractivity contribution >= 4 is 17.5 Å². The van der Waals surface area contributed by atoms with Gasteiger partial charge in [-0.1, -0.05) is 0 Å². The number of pyridine rings is 1. The molecule has 1 aliphatic heterocycles. The van der Waals surface area contributed by atoms with E-state index in [1.165, 1.54) is 6.92 Å². The van der Waals surface area contributed by atoms with Crippen LogP contribution in [0.2, 0.25) is 0 Å². The van der Waals surface area contributed by atoms with Crippen molar-refractivity contribution in [3.05, 3.63) is 47.4 Å². The SMILES string of the molecule is CC(=O)c1c[nH]c(C(=O)N2CCN(c3cc(C#N)ccn3)CC2)c1. The normalized spacial score (nSPS) is 14.3. The molecule has 7 heteroatoms. The number of hydrogen-bond donors (Lipinski definition) is 1. The maximum absolute atomic E-state index is 12.5. The number of nitrogens with zero attached hydrogens (tertiary/aromatic N) is 4. The molecule has 0 unspecified atom stereocenters. The van der Waals surface area contributed by atoms with Gasteiger partial charge in [-0.15, -0.1) is 0 Å². The summed E-state index contributed by atoms with van der Waals surface area (Å²) in [5.41, 5.74) is 1.51. The summed E-state index contributed by atoms with van der Waals surface area (Å²) >= 11 is 0. The summed E-state index contributed by atoms with van der Waals surface area (Å²) < 4.78 is 0. The van der Waals surface area contributed by atoms with Crippen LogP contribution in [0, 0.1) is 11.3 Å². The summed E-state index contributed by atoms with van der Waals surface area (Å²) in [7, 11) is 0. The van der Waals surface area contributed by atoms with Crippen molar-refractivity contribution in [2.24, 2.45) is 0 Å². The molecule has 1 amide bonds. The van der Waals surface area contributed by atoms with Crippen LogP contribution in [-0.4, -0.2) is 52.7 Å². The van der Waals surface area contributed by atoms with Gasteiger partial charge in [-0.05, 0) is 25.1 Å². The molecule has 0 saturated carbocycles. The molecule has 7 nitrogen and oxygen atoms in total. The average Bonchev–Trinajstić information content (AvgIpc) is 3.12. The van der Waals surface area contributed by atoms with E-state index in [9.17, 15) is 9.59 Å². The molecular formula is C17H17N5O2. The van der Waals surface area contributed by atoms with Gasteiger partial charge in [0.25, 0.3) is 5.91 Å². The first-order valence-electron chi connectivity index (χ1n) is 7.68. The summed E-state index contributed by atoms with van der Waals surface area (Å²) in [4.78, 5) is 34.8. The molecule has 3 heterocycles. The maximum Gasteiger partial charge on any atom is 0.270 e. The molecule has 1 saturated heterocycles. The van der Waals surface area contributed by atoms with Crippen molar-refractivity contribution in [1.29, 1.82) is 5.26 Å². The van der Waals surface area contributed by atoms with Crippen LogP contribution in [0.25, 0.3) is 0 Å². The van der Waals surface area contributed by atoms with Gasteiger partial charge >= 0.3 is 0 Å². The van der Waals surface area contributed by atoms with E-state index < -0.39 is 0 Å². The van der Waals surface area contributed by atoms with Gasteiger partial charge in [0.05, 0.1) is 11.6 Å². The van der Waals surface area contributed by atoms with E-state index in [1.54, 1.807) is 35.5 Å². The Morgan fingerprint density at radius 2 is 2.00 bits per heavy atom. The minimum atomic E-state index is -0.110. The third-order valence-corrected chi connectivity index (χ3v) is 4.09. The van der Waals surface area contributed by atoms with Gasteiger partial charge in [0.15, 0.2) is 5.78 Å². The number of Topliss-reactive ketones (excluding diaryl/α,β-unsaturated/α-hetero) is 1. The Labute approximate surface area is 139 Å². The zero-order valence-electron chi connectivity index (χ0n) is 13.3. The van der Waals surface area contributed by atoms with E-state index in [1.807, 2.05) is 0 Å². The Kier molecular flexibility index (Phi) is 4.29. The average molecular weight is 323 g/mol. The summed E-state index contributed by atoms with van der Waals surface area (Å²) in [6.45, 7) is 3.89. The molecule has 0 aromatic carbocycles. The number of anilines is 1. The second-order valence-corrected chi connectivity index (χ2v) is 5.65. The highest BCUT2D eigenvalue weighted by Crippen LogP contribution is 2.16. The van der Waals surface area contributed by atoms with Crippen LogP contribution in [0.3, 0.4) is 0 Å². The maximum atomic E-state index is 12.5. The second kappa shape index (κ2) is 6.54. The first-order valence-corrected chi connectivity index (χ1v) is 7.68. The smallest absolute Gasteiger partial charge is 0.270 e. The lowest BCUT2D eigenvalue weighted by molar-refractivity contribution is 0.0741. The second-order valence-electron chi connectivity index (χ2n) is 5.65. The largest absolute Gasteiger partial charge is 0.356 e. The van der Waals surface area contributed by atoms with E-state index in [-0.39, 0.29) is 11.7 Å². The van der Waals surface area contributed by atoms with E-state index in [0.717, 1.165) is 5.82 Å². The zero-order valence-corrected chi connectivity index (χ0v) is 13.3. The fraction of sp³-hybridized carbons (Fsp3) is 0.294. The first-order chi connectivity index (χ1) is 11.6. The fourth-order valence-electron chi connectivity index (χ4n) is 2.69. The van der Waals surface area contributed by atoms with E-state index >= 15 is 0 Å². The first kappa shape index (κ1) is 15.7. The Bertz CT molecular complexity index is 812. The van der Waals surface area contributed by atoms with Crippen molar-refractivity contribution in [3.8, 4) is 6.07 Å². The molecule has 24 heavy (non-hydrogen) atoms. The predicted octanol–water partition coefficient (Wildman–Crippen LogP) is 1.45. The summed E-state index contributed by atoms with van der Waals surface area (Å²) in [5.74, 6) is 0.569. The monoisotopic (exact) mass is 323 g/mol. The number of carbonyl (C=O) groups excluding carboxylic acids is 2. The van der Waals surface area contributed by atoms with Crippen LogP contribution in [0.1, 0.15) is 33.3 Å². The van der Waals surface area contributed by atoms with Crippen LogP contribution in [-0.2, 0) is 0 Å². The van der Waals surface area contributed by atoms with Crippen LogP contribution < -0.4 is 4.90 Å². The topological polar surface area (TPSA) is 93.1 Å². The lowest BCUT2D eigenvalue weighted by atomic mass is 10.2. The number of rotatable bonds is 3. The minimum absolute atomic E-state index is 0.0708. The molecular weight excluding hydrogens is 306 g/mol. The number of amides is 1. The van der Waals surface area contributed by atoms with Crippen LogP contribution in [0.4, 0.5) is 5.82 Å². The van der Waals surface area contributed by atoms with Crippen LogP contribution in [0.15, 0.2) is 30.6 Å². The lowest BCUT2D eigenvalue weighted by Gasteiger charge is -2.35. The number of hydrogen-bond acceptors (Lipinski definition) is 5. The Morgan fingerprint density at radius 1 is 1.25 bits per heavy atom. The molecule has 2 aromatic rings. The van der Waals surface area contributed by atoms with E-state index in [4.69, 9.17) is 5.26 Å². The van der Waals surface area contributed by atoms with Crippen molar-refractivity contribution < 1.29 is 9.59 Å². The van der Waals surface area contributed by atoms with E-state index in [2.05, 4.69) is 20.9 Å². The number of piperazine rings is 1. The molecule has 0 atom stereocenters. The van der Waals surface area contributed by atoms with Gasteiger partial charge in [-0.25, -0.2) is 4.98 Å². The molecule has 1 fully saturated rings. The van der Waals surface area contributed by atoms with Gasteiger partial charge < -0.3 is 14.8 Å². The molecule has 2 aromatic heterocycles. The van der Waals surface area contributed by atoms with Gasteiger partial charge in [-0.3, -0.25) is 9.59 Å². The highest BCUT2D eigenvalue weighted by Gasteiger charge is 2.24. The third kappa shape index (κ3) is 3.13. The number of ketones is 1. The lowest BCUT2D eigenvalue weighted by Crippen LogP contribution is -2.49. The number of nitriles is 1. The van der Waals surface area contributed by atoms with Gasteiger partial charge in [0.2, 0.25) is 0 Å². The van der Waals surface area contributed by atoms with Crippen LogP contribution >= 0.6 is 0 Å². The van der Waals surface area contributed by atoms with Gasteiger partial charge in [0, 0.05) is 44.1 Å². The quantitative estimate of drug-likeness (QED) is 0.863. The number of carbonyl (C=O) groups is 2. The zero-order chi connectivity index (χ0) is 17.1. The van der Waals surface area contributed by atoms with E-state index in [0.29, 0.717) is 43.0 Å². The number of aromatic nitrogens is 2. The Balaban J connectivity index is 1.64. The number of H-pyrrole nitrogens is 1. The molecule has 1 aliphatic rings. The van der Waals surface area contributed by atoms with Gasteiger partial charge in [-0.2, -0.15) is 5.26 Å². The van der Waals surface area contributed by atoms with Crippen molar-refractivity contribution in [2.75, 3.05) is 31.1 Å². The Hall–Kier alpha value is -3.14. The van der Waals surface area contributed by atoms with Crippen molar-refractivity contribution in [1.82, 2.24) is 14.9 Å². The van der Waals surface area contributed by atoms with Crippen molar-refractivity contribution in [2.45, 2.75) is 6.92 Å². The number of nitrogens with one attached hydrogen (secondary N) is 1. The molecule has 0 radical (unpaired) electrons. The van der Waals surface area contributed by atoms with Crippen molar-refractivity contribution in [3.63, 3.8) is 0 Å².